The van der Waals surface area contributed by atoms with Gasteiger partial charge in [-0.15, -0.1) is 0 Å². The number of halogens is 1. The number of fused-ring (bicyclic) bond motifs is 1. The van der Waals surface area contributed by atoms with Crippen molar-refractivity contribution in [3.05, 3.63) is 53.1 Å². The van der Waals surface area contributed by atoms with Gasteiger partial charge in [-0.2, -0.15) is 0 Å². The van der Waals surface area contributed by atoms with Crippen molar-refractivity contribution in [3.63, 3.8) is 0 Å². The fourth-order valence-electron chi connectivity index (χ4n) is 2.32. The number of nitrogen functional groups attached to an aromatic ring is 1. The van der Waals surface area contributed by atoms with Crippen molar-refractivity contribution in [2.75, 3.05) is 18.9 Å². The van der Waals surface area contributed by atoms with E-state index in [0.29, 0.717) is 16.5 Å². The molecule has 10 heteroatoms. The minimum Gasteiger partial charge on any atom is -0.485 e. The highest BCUT2D eigenvalue weighted by Gasteiger charge is 2.27. The van der Waals surface area contributed by atoms with E-state index in [9.17, 15) is 14.4 Å². The summed E-state index contributed by atoms with van der Waals surface area (Å²) in [7, 11) is 0. The van der Waals surface area contributed by atoms with Crippen molar-refractivity contribution in [2.45, 2.75) is 6.10 Å². The summed E-state index contributed by atoms with van der Waals surface area (Å²) < 4.78 is 15.8. The summed E-state index contributed by atoms with van der Waals surface area (Å²) in [5.41, 5.74) is 10.2. The minimum atomic E-state index is -0.938. The van der Waals surface area contributed by atoms with E-state index in [-0.39, 0.29) is 17.9 Å². The van der Waals surface area contributed by atoms with Crippen LogP contribution in [0.2, 0.25) is 5.02 Å². The number of para-hydroxylation sites is 2. The number of carbonyl (C=O) groups is 3. The predicted octanol–water partition coefficient (Wildman–Crippen LogP) is 1.07. The molecule has 2 aromatic rings. The largest absolute Gasteiger partial charge is 0.485 e. The van der Waals surface area contributed by atoms with Gasteiger partial charge in [-0.25, -0.2) is 4.79 Å². The maximum atomic E-state index is 12.1. The van der Waals surface area contributed by atoms with Gasteiger partial charge in [-0.1, -0.05) is 23.7 Å². The van der Waals surface area contributed by atoms with Crippen LogP contribution in [0.25, 0.3) is 0 Å². The molecule has 2 aromatic carbocycles. The molecule has 4 N–H and O–H groups in total. The van der Waals surface area contributed by atoms with E-state index in [1.807, 2.05) is 0 Å². The second-order valence-electron chi connectivity index (χ2n) is 5.71. The number of nitrogens with one attached hydrogen (secondary N) is 2. The number of carbonyl (C=O) groups excluding carboxylic acids is 3. The molecule has 1 aliphatic rings. The van der Waals surface area contributed by atoms with Crippen molar-refractivity contribution in [1.82, 2.24) is 10.9 Å². The number of ether oxygens (including phenoxy) is 3. The molecule has 0 spiro atoms. The monoisotopic (exact) mass is 405 g/mol. The van der Waals surface area contributed by atoms with Gasteiger partial charge in [0.05, 0.1) is 5.56 Å². The lowest BCUT2D eigenvalue weighted by Gasteiger charge is -2.25. The Labute approximate surface area is 164 Å². The maximum Gasteiger partial charge on any atom is 0.340 e. The molecule has 1 atom stereocenters. The van der Waals surface area contributed by atoms with Gasteiger partial charge in [0.25, 0.3) is 11.8 Å². The SMILES string of the molecule is Nc1cc(Cl)ccc1C(=O)OCC(=O)NNC(=O)[C@@H]1COc2ccccc2O1. The van der Waals surface area contributed by atoms with Crippen molar-refractivity contribution in [1.29, 1.82) is 0 Å². The summed E-state index contributed by atoms with van der Waals surface area (Å²) >= 11 is 5.76. The van der Waals surface area contributed by atoms with Crippen LogP contribution in [0.5, 0.6) is 11.5 Å². The molecule has 0 saturated carbocycles. The third-order valence-corrected chi connectivity index (χ3v) is 3.93. The quantitative estimate of drug-likeness (QED) is 0.394. The van der Waals surface area contributed by atoms with Gasteiger partial charge in [0.2, 0.25) is 6.10 Å². The first-order valence-corrected chi connectivity index (χ1v) is 8.51. The first kappa shape index (κ1) is 19.3. The smallest absolute Gasteiger partial charge is 0.340 e. The van der Waals surface area contributed by atoms with Crippen LogP contribution in [-0.4, -0.2) is 37.1 Å². The molecule has 0 fully saturated rings. The lowest BCUT2D eigenvalue weighted by atomic mass is 10.2. The molecule has 1 aliphatic heterocycles. The van der Waals surface area contributed by atoms with Crippen LogP contribution in [0, 0.1) is 0 Å². The normalized spacial score (nSPS) is 14.7. The maximum absolute atomic E-state index is 12.1. The zero-order valence-corrected chi connectivity index (χ0v) is 15.2. The average Bonchev–Trinajstić information content (AvgIpc) is 2.69. The third kappa shape index (κ3) is 4.63. The molecule has 0 aromatic heterocycles. The Balaban J connectivity index is 1.44. The zero-order valence-electron chi connectivity index (χ0n) is 14.4. The summed E-state index contributed by atoms with van der Waals surface area (Å²) in [6.07, 6.45) is -0.938. The number of benzene rings is 2. The molecule has 146 valence electrons. The van der Waals surface area contributed by atoms with E-state index < -0.39 is 30.5 Å². The van der Waals surface area contributed by atoms with Crippen LogP contribution in [0.4, 0.5) is 5.69 Å². The lowest BCUT2D eigenvalue weighted by Crippen LogP contribution is -2.51. The van der Waals surface area contributed by atoms with Crippen LogP contribution >= 0.6 is 11.6 Å². The first-order chi connectivity index (χ1) is 13.4. The zero-order chi connectivity index (χ0) is 20.1. The van der Waals surface area contributed by atoms with Gasteiger partial charge < -0.3 is 19.9 Å². The molecule has 0 unspecified atom stereocenters. The van der Waals surface area contributed by atoms with Gasteiger partial charge >= 0.3 is 5.97 Å². The lowest BCUT2D eigenvalue weighted by molar-refractivity contribution is -0.135. The second kappa shape index (κ2) is 8.49. The van der Waals surface area contributed by atoms with E-state index in [0.717, 1.165) is 0 Å². The molecule has 0 aliphatic carbocycles. The Kier molecular flexibility index (Phi) is 5.85. The van der Waals surface area contributed by atoms with E-state index >= 15 is 0 Å². The van der Waals surface area contributed by atoms with Crippen LogP contribution in [-0.2, 0) is 14.3 Å². The van der Waals surface area contributed by atoms with Gasteiger partial charge in [-0.3, -0.25) is 20.4 Å². The molecule has 0 bridgehead atoms. The Morgan fingerprint density at radius 1 is 1.14 bits per heavy atom. The summed E-state index contributed by atoms with van der Waals surface area (Å²) in [4.78, 5) is 35.8. The number of nitrogens with two attached hydrogens (primary N) is 1. The summed E-state index contributed by atoms with van der Waals surface area (Å²) in [6, 6.07) is 11.1. The standard InChI is InChI=1S/C18H16ClN3O6/c19-10-5-6-11(12(20)7-10)18(25)27-9-16(23)21-22-17(24)15-8-26-13-3-1-2-4-14(13)28-15/h1-7,15H,8-9,20H2,(H,21,23)(H,22,24)/t15-/m0/s1. The fraction of sp³-hybridized carbons (Fsp3) is 0.167. The van der Waals surface area contributed by atoms with Crippen LogP contribution in [0.1, 0.15) is 10.4 Å². The van der Waals surface area contributed by atoms with Crippen molar-refractivity contribution >= 4 is 35.1 Å². The highest BCUT2D eigenvalue weighted by molar-refractivity contribution is 6.31. The topological polar surface area (TPSA) is 129 Å². The fourth-order valence-corrected chi connectivity index (χ4v) is 2.51. The molecule has 28 heavy (non-hydrogen) atoms. The highest BCUT2D eigenvalue weighted by Crippen LogP contribution is 2.30. The van der Waals surface area contributed by atoms with Gasteiger partial charge in [0.1, 0.15) is 6.61 Å². The predicted molar refractivity (Wildman–Crippen MR) is 98.8 cm³/mol. The molecular formula is C18H16ClN3O6. The minimum absolute atomic E-state index is 0.0104. The number of rotatable bonds is 4. The Hall–Kier alpha value is -3.46. The second-order valence-corrected chi connectivity index (χ2v) is 6.15. The van der Waals surface area contributed by atoms with Crippen LogP contribution in [0.3, 0.4) is 0 Å². The molecule has 1 heterocycles. The van der Waals surface area contributed by atoms with Gasteiger partial charge in [-0.05, 0) is 30.3 Å². The van der Waals surface area contributed by atoms with E-state index in [2.05, 4.69) is 10.9 Å². The van der Waals surface area contributed by atoms with Crippen LogP contribution in [0.15, 0.2) is 42.5 Å². The molecule has 3 rings (SSSR count). The molecule has 9 nitrogen and oxygen atoms in total. The number of hydrazine groups is 1. The summed E-state index contributed by atoms with van der Waals surface area (Å²) in [5, 5.41) is 0.367. The molecule has 0 saturated heterocycles. The third-order valence-electron chi connectivity index (χ3n) is 3.69. The number of esters is 1. The number of amides is 2. The Morgan fingerprint density at radius 3 is 2.64 bits per heavy atom. The van der Waals surface area contributed by atoms with E-state index in [4.69, 9.17) is 31.5 Å². The molecular weight excluding hydrogens is 390 g/mol. The van der Waals surface area contributed by atoms with Crippen LogP contribution < -0.4 is 26.1 Å². The summed E-state index contributed by atoms with van der Waals surface area (Å²) in [6.45, 7) is -0.629. The van der Waals surface area contributed by atoms with Gasteiger partial charge in [0.15, 0.2) is 18.1 Å². The van der Waals surface area contributed by atoms with Crippen molar-refractivity contribution in [3.8, 4) is 11.5 Å². The van der Waals surface area contributed by atoms with Gasteiger partial charge in [0, 0.05) is 10.7 Å². The Morgan fingerprint density at radius 2 is 1.89 bits per heavy atom. The number of anilines is 1. The molecule has 0 radical (unpaired) electrons. The first-order valence-electron chi connectivity index (χ1n) is 8.13. The molecule has 2 amide bonds. The van der Waals surface area contributed by atoms with E-state index in [1.165, 1.54) is 18.2 Å². The highest BCUT2D eigenvalue weighted by atomic mass is 35.5. The number of hydrogen-bond acceptors (Lipinski definition) is 7. The Bertz CT molecular complexity index is 920. The number of hydrogen-bond donors (Lipinski definition) is 3. The van der Waals surface area contributed by atoms with Crippen molar-refractivity contribution < 1.29 is 28.6 Å². The average molecular weight is 406 g/mol. The summed E-state index contributed by atoms with van der Waals surface area (Å²) in [5.74, 6) is -1.20. The van der Waals surface area contributed by atoms with Crippen molar-refractivity contribution in [2.24, 2.45) is 0 Å². The van der Waals surface area contributed by atoms with E-state index in [1.54, 1.807) is 24.3 Å².